The molecule has 0 saturated heterocycles. The average molecular weight is 239 g/mol. The summed E-state index contributed by atoms with van der Waals surface area (Å²) < 4.78 is 17.9. The van der Waals surface area contributed by atoms with Crippen LogP contribution in [0.2, 0.25) is 0 Å². The van der Waals surface area contributed by atoms with E-state index in [0.717, 1.165) is 32.4 Å². The number of halogens is 1. The first-order valence-electron chi connectivity index (χ1n) is 6.14. The van der Waals surface area contributed by atoms with E-state index in [4.69, 9.17) is 4.74 Å². The Morgan fingerprint density at radius 1 is 1.29 bits per heavy atom. The quantitative estimate of drug-likeness (QED) is 0.704. The van der Waals surface area contributed by atoms with Gasteiger partial charge in [-0.25, -0.2) is 4.39 Å². The van der Waals surface area contributed by atoms with E-state index in [-0.39, 0.29) is 5.82 Å². The minimum atomic E-state index is -0.168. The normalized spacial score (nSPS) is 12.6. The van der Waals surface area contributed by atoms with Gasteiger partial charge in [0.25, 0.3) is 0 Å². The van der Waals surface area contributed by atoms with Gasteiger partial charge in [0.1, 0.15) is 5.82 Å². The molecule has 0 amide bonds. The SMILES string of the molecule is CNCC(CCCOC)Cc1ccc(F)cc1. The van der Waals surface area contributed by atoms with Gasteiger partial charge in [0.2, 0.25) is 0 Å². The monoisotopic (exact) mass is 239 g/mol. The van der Waals surface area contributed by atoms with Gasteiger partial charge in [0.05, 0.1) is 0 Å². The van der Waals surface area contributed by atoms with Crippen molar-refractivity contribution < 1.29 is 9.13 Å². The molecule has 0 aliphatic heterocycles. The van der Waals surface area contributed by atoms with Crippen molar-refractivity contribution in [2.45, 2.75) is 19.3 Å². The molecule has 0 aliphatic carbocycles. The molecule has 1 aromatic rings. The molecule has 3 heteroatoms. The van der Waals surface area contributed by atoms with Crippen LogP contribution in [-0.4, -0.2) is 27.3 Å². The van der Waals surface area contributed by atoms with E-state index in [1.807, 2.05) is 19.2 Å². The number of nitrogens with one attached hydrogen (secondary N) is 1. The van der Waals surface area contributed by atoms with E-state index in [2.05, 4.69) is 5.32 Å². The molecule has 96 valence electrons. The van der Waals surface area contributed by atoms with Crippen LogP contribution in [-0.2, 0) is 11.2 Å². The van der Waals surface area contributed by atoms with Crippen molar-refractivity contribution in [2.75, 3.05) is 27.3 Å². The molecule has 0 heterocycles. The van der Waals surface area contributed by atoms with Crippen LogP contribution in [0.4, 0.5) is 4.39 Å². The maximum Gasteiger partial charge on any atom is 0.123 e. The molecular formula is C14H22FNO. The second-order valence-electron chi connectivity index (χ2n) is 4.39. The van der Waals surface area contributed by atoms with Gasteiger partial charge >= 0.3 is 0 Å². The van der Waals surface area contributed by atoms with E-state index < -0.39 is 0 Å². The minimum absolute atomic E-state index is 0.168. The molecule has 17 heavy (non-hydrogen) atoms. The maximum absolute atomic E-state index is 12.8. The minimum Gasteiger partial charge on any atom is -0.385 e. The summed E-state index contributed by atoms with van der Waals surface area (Å²) in [5.74, 6) is 0.416. The number of hydrogen-bond donors (Lipinski definition) is 1. The summed E-state index contributed by atoms with van der Waals surface area (Å²) in [6.07, 6.45) is 3.20. The van der Waals surface area contributed by atoms with Crippen LogP contribution in [0.1, 0.15) is 18.4 Å². The lowest BCUT2D eigenvalue weighted by Crippen LogP contribution is -2.21. The Hall–Kier alpha value is -0.930. The van der Waals surface area contributed by atoms with E-state index in [1.165, 1.54) is 17.7 Å². The highest BCUT2D eigenvalue weighted by atomic mass is 19.1. The zero-order chi connectivity index (χ0) is 12.5. The number of rotatable bonds is 8. The van der Waals surface area contributed by atoms with Crippen LogP contribution in [0, 0.1) is 11.7 Å². The fourth-order valence-electron chi connectivity index (χ4n) is 2.04. The number of methoxy groups -OCH3 is 1. The Balaban J connectivity index is 2.44. The molecule has 0 fully saturated rings. The van der Waals surface area contributed by atoms with Gasteiger partial charge < -0.3 is 10.1 Å². The highest BCUT2D eigenvalue weighted by Gasteiger charge is 2.08. The smallest absolute Gasteiger partial charge is 0.123 e. The lowest BCUT2D eigenvalue weighted by Gasteiger charge is -2.16. The molecular weight excluding hydrogens is 217 g/mol. The summed E-state index contributed by atoms with van der Waals surface area (Å²) in [7, 11) is 3.70. The number of benzene rings is 1. The van der Waals surface area contributed by atoms with Gasteiger partial charge in [-0.2, -0.15) is 0 Å². The molecule has 1 N–H and O–H groups in total. The topological polar surface area (TPSA) is 21.3 Å². The van der Waals surface area contributed by atoms with Gasteiger partial charge in [-0.05, 0) is 56.5 Å². The molecule has 1 rings (SSSR count). The van der Waals surface area contributed by atoms with Gasteiger partial charge in [0, 0.05) is 13.7 Å². The Morgan fingerprint density at radius 2 is 2.00 bits per heavy atom. The van der Waals surface area contributed by atoms with Crippen molar-refractivity contribution in [3.05, 3.63) is 35.6 Å². The molecule has 1 aromatic carbocycles. The van der Waals surface area contributed by atoms with E-state index in [0.29, 0.717) is 5.92 Å². The third kappa shape index (κ3) is 5.80. The highest BCUT2D eigenvalue weighted by molar-refractivity contribution is 5.16. The van der Waals surface area contributed by atoms with E-state index >= 15 is 0 Å². The van der Waals surface area contributed by atoms with Crippen LogP contribution in [0.25, 0.3) is 0 Å². The van der Waals surface area contributed by atoms with Crippen LogP contribution in [0.15, 0.2) is 24.3 Å². The van der Waals surface area contributed by atoms with E-state index in [1.54, 1.807) is 7.11 Å². The zero-order valence-electron chi connectivity index (χ0n) is 10.7. The fourth-order valence-corrected chi connectivity index (χ4v) is 2.04. The third-order valence-electron chi connectivity index (χ3n) is 2.89. The predicted octanol–water partition coefficient (Wildman–Crippen LogP) is 2.63. The lowest BCUT2D eigenvalue weighted by molar-refractivity contribution is 0.186. The van der Waals surface area contributed by atoms with Gasteiger partial charge in [-0.1, -0.05) is 12.1 Å². The predicted molar refractivity (Wildman–Crippen MR) is 68.6 cm³/mol. The largest absolute Gasteiger partial charge is 0.385 e. The molecule has 1 unspecified atom stereocenters. The van der Waals surface area contributed by atoms with Gasteiger partial charge in [-0.3, -0.25) is 0 Å². The van der Waals surface area contributed by atoms with E-state index in [9.17, 15) is 4.39 Å². The Kier molecular flexibility index (Phi) is 6.82. The second-order valence-corrected chi connectivity index (χ2v) is 4.39. The molecule has 0 spiro atoms. The summed E-state index contributed by atoms with van der Waals surface area (Å²) in [4.78, 5) is 0. The van der Waals surface area contributed by atoms with Crippen molar-refractivity contribution in [1.82, 2.24) is 5.32 Å². The average Bonchev–Trinajstić information content (AvgIpc) is 2.32. The van der Waals surface area contributed by atoms with Crippen LogP contribution >= 0.6 is 0 Å². The summed E-state index contributed by atoms with van der Waals surface area (Å²) in [6, 6.07) is 6.80. The summed E-state index contributed by atoms with van der Waals surface area (Å²) >= 11 is 0. The first kappa shape index (κ1) is 14.1. The molecule has 1 atom stereocenters. The van der Waals surface area contributed by atoms with Crippen molar-refractivity contribution in [1.29, 1.82) is 0 Å². The highest BCUT2D eigenvalue weighted by Crippen LogP contribution is 2.14. The molecule has 0 aromatic heterocycles. The fraction of sp³-hybridized carbons (Fsp3) is 0.571. The summed E-state index contributed by atoms with van der Waals surface area (Å²) in [5.41, 5.74) is 1.20. The number of ether oxygens (including phenoxy) is 1. The van der Waals surface area contributed by atoms with Crippen molar-refractivity contribution in [3.63, 3.8) is 0 Å². The van der Waals surface area contributed by atoms with Crippen molar-refractivity contribution in [3.8, 4) is 0 Å². The molecule has 2 nitrogen and oxygen atoms in total. The van der Waals surface area contributed by atoms with Crippen molar-refractivity contribution >= 4 is 0 Å². The zero-order valence-corrected chi connectivity index (χ0v) is 10.7. The summed E-state index contributed by atoms with van der Waals surface area (Å²) in [6.45, 7) is 1.80. The van der Waals surface area contributed by atoms with Crippen LogP contribution < -0.4 is 5.32 Å². The lowest BCUT2D eigenvalue weighted by atomic mass is 9.95. The molecule has 0 saturated carbocycles. The Labute approximate surface area is 103 Å². The van der Waals surface area contributed by atoms with Gasteiger partial charge in [-0.15, -0.1) is 0 Å². The third-order valence-corrected chi connectivity index (χ3v) is 2.89. The molecule has 0 radical (unpaired) electrons. The Bertz CT molecular complexity index is 300. The van der Waals surface area contributed by atoms with Crippen LogP contribution in [0.5, 0.6) is 0 Å². The first-order chi connectivity index (χ1) is 8.26. The first-order valence-corrected chi connectivity index (χ1v) is 6.14. The van der Waals surface area contributed by atoms with Crippen LogP contribution in [0.3, 0.4) is 0 Å². The second kappa shape index (κ2) is 8.20. The maximum atomic E-state index is 12.8. The Morgan fingerprint density at radius 3 is 2.59 bits per heavy atom. The van der Waals surface area contributed by atoms with Crippen molar-refractivity contribution in [2.24, 2.45) is 5.92 Å². The van der Waals surface area contributed by atoms with Gasteiger partial charge in [0.15, 0.2) is 0 Å². The molecule has 0 aliphatic rings. The molecule has 0 bridgehead atoms. The summed E-state index contributed by atoms with van der Waals surface area (Å²) in [5, 5.41) is 3.21. The number of hydrogen-bond acceptors (Lipinski definition) is 2. The standard InChI is InChI=1S/C14H22FNO/c1-16-11-13(4-3-9-17-2)10-12-5-7-14(15)8-6-12/h5-8,13,16H,3-4,9-11H2,1-2H3.